The Hall–Kier alpha value is -4.45. The number of amides is 2. The Bertz CT molecular complexity index is 1440. The molecule has 8 nitrogen and oxygen atoms in total. The van der Waals surface area contributed by atoms with E-state index in [4.69, 9.17) is 12.2 Å². The third-order valence-corrected chi connectivity index (χ3v) is 5.79. The summed E-state index contributed by atoms with van der Waals surface area (Å²) in [5.74, 6) is 0.128. The summed E-state index contributed by atoms with van der Waals surface area (Å²) in [4.78, 5) is 16.6. The van der Waals surface area contributed by atoms with Gasteiger partial charge in [0.1, 0.15) is 12.1 Å². The molecule has 0 saturated carbocycles. The number of hydrogen-bond acceptors (Lipinski definition) is 5. The molecule has 0 aliphatic heterocycles. The van der Waals surface area contributed by atoms with Gasteiger partial charge in [-0.15, -0.1) is 18.3 Å². The molecular weight excluding hydrogens is 529 g/mol. The standard InChI is InChI=1S/C27H25F3N6O2S/c1-2-19-7-3-4-9-23(19)33-26(39)34-25(37)31-15-14-18-6-5-8-20(16-18)24-32-17-36(35-24)21-10-12-22(13-11-21)38-27(28,29)30/h3-13,16-17H,2,14-15H2,1H3,(H3,31,33,34,37,39). The van der Waals surface area contributed by atoms with Crippen LogP contribution in [0.5, 0.6) is 5.75 Å². The number of carbonyl (C=O) groups is 1. The number of thiocarbonyl (C=S) groups is 1. The average molecular weight is 555 g/mol. The number of rotatable bonds is 8. The van der Waals surface area contributed by atoms with E-state index in [0.29, 0.717) is 24.5 Å². The number of benzene rings is 3. The molecule has 0 spiro atoms. The summed E-state index contributed by atoms with van der Waals surface area (Å²) in [6, 6.07) is 20.2. The van der Waals surface area contributed by atoms with E-state index < -0.39 is 12.4 Å². The molecule has 1 aromatic heterocycles. The molecule has 1 heterocycles. The van der Waals surface area contributed by atoms with Crippen molar-refractivity contribution >= 4 is 29.0 Å². The molecule has 0 unspecified atom stereocenters. The van der Waals surface area contributed by atoms with Crippen LogP contribution in [0.1, 0.15) is 18.1 Å². The predicted molar refractivity (Wildman–Crippen MR) is 146 cm³/mol. The Labute approximate surface area is 228 Å². The largest absolute Gasteiger partial charge is 0.573 e. The molecule has 3 N–H and O–H groups in total. The van der Waals surface area contributed by atoms with E-state index in [-0.39, 0.29) is 10.9 Å². The first-order valence-electron chi connectivity index (χ1n) is 12.0. The minimum Gasteiger partial charge on any atom is -0.406 e. The van der Waals surface area contributed by atoms with Crippen LogP contribution in [0.3, 0.4) is 0 Å². The number of nitrogens with zero attached hydrogens (tertiary/aromatic N) is 3. The van der Waals surface area contributed by atoms with E-state index in [1.54, 1.807) is 0 Å². The van der Waals surface area contributed by atoms with Crippen molar-refractivity contribution in [2.45, 2.75) is 26.1 Å². The van der Waals surface area contributed by atoms with Crippen molar-refractivity contribution in [2.24, 2.45) is 0 Å². The number of carbonyl (C=O) groups excluding carboxylic acids is 1. The molecule has 2 amide bonds. The lowest BCUT2D eigenvalue weighted by molar-refractivity contribution is -0.274. The number of urea groups is 1. The van der Waals surface area contributed by atoms with Crippen LogP contribution in [-0.2, 0) is 12.8 Å². The summed E-state index contributed by atoms with van der Waals surface area (Å²) in [5.41, 5.74) is 4.18. The minimum atomic E-state index is -4.75. The molecule has 12 heteroatoms. The van der Waals surface area contributed by atoms with Gasteiger partial charge in [-0.25, -0.2) is 14.5 Å². The van der Waals surface area contributed by atoms with Gasteiger partial charge >= 0.3 is 12.4 Å². The Kier molecular flexibility index (Phi) is 8.77. The lowest BCUT2D eigenvalue weighted by Crippen LogP contribution is -2.42. The lowest BCUT2D eigenvalue weighted by Gasteiger charge is -2.13. The highest BCUT2D eigenvalue weighted by molar-refractivity contribution is 7.80. The van der Waals surface area contributed by atoms with E-state index in [0.717, 1.165) is 28.8 Å². The fraction of sp³-hybridized carbons (Fsp3) is 0.185. The van der Waals surface area contributed by atoms with Crippen LogP contribution in [0.25, 0.3) is 17.1 Å². The molecule has 0 saturated heterocycles. The van der Waals surface area contributed by atoms with Crippen molar-refractivity contribution in [3.63, 3.8) is 0 Å². The second-order valence-electron chi connectivity index (χ2n) is 8.35. The SMILES string of the molecule is CCc1ccccc1NC(=S)NC(=O)NCCc1cccc(-c2ncn(-c3ccc(OC(F)(F)F)cc3)n2)c1. The highest BCUT2D eigenvalue weighted by atomic mass is 32.1. The zero-order valence-corrected chi connectivity index (χ0v) is 21.6. The molecule has 39 heavy (non-hydrogen) atoms. The van der Waals surface area contributed by atoms with Crippen LogP contribution in [0, 0.1) is 0 Å². The van der Waals surface area contributed by atoms with Gasteiger partial charge in [-0.2, -0.15) is 0 Å². The number of hydrogen-bond donors (Lipinski definition) is 3. The highest BCUT2D eigenvalue weighted by Gasteiger charge is 2.31. The van der Waals surface area contributed by atoms with Gasteiger partial charge in [0.05, 0.1) is 5.69 Å². The Balaban J connectivity index is 1.29. The fourth-order valence-electron chi connectivity index (χ4n) is 3.76. The maximum absolute atomic E-state index is 12.4. The fourth-order valence-corrected chi connectivity index (χ4v) is 3.96. The van der Waals surface area contributed by atoms with Gasteiger partial charge in [0.2, 0.25) is 0 Å². The van der Waals surface area contributed by atoms with E-state index in [1.807, 2.05) is 55.5 Å². The third-order valence-electron chi connectivity index (χ3n) is 5.58. The lowest BCUT2D eigenvalue weighted by atomic mass is 10.1. The van der Waals surface area contributed by atoms with Crippen molar-refractivity contribution in [2.75, 3.05) is 11.9 Å². The molecule has 4 rings (SSSR count). The molecular formula is C27H25F3N6O2S. The zero-order valence-electron chi connectivity index (χ0n) is 20.8. The van der Waals surface area contributed by atoms with Gasteiger partial charge in [-0.1, -0.05) is 43.3 Å². The number of para-hydroxylation sites is 1. The summed E-state index contributed by atoms with van der Waals surface area (Å²) in [7, 11) is 0. The van der Waals surface area contributed by atoms with Crippen molar-refractivity contribution in [3.8, 4) is 22.8 Å². The third kappa shape index (κ3) is 8.01. The Morgan fingerprint density at radius 2 is 1.82 bits per heavy atom. The normalized spacial score (nSPS) is 11.1. The Morgan fingerprint density at radius 3 is 2.56 bits per heavy atom. The van der Waals surface area contributed by atoms with Crippen LogP contribution >= 0.6 is 12.2 Å². The van der Waals surface area contributed by atoms with Gasteiger partial charge in [0.25, 0.3) is 0 Å². The van der Waals surface area contributed by atoms with Crippen LogP contribution in [0.15, 0.2) is 79.1 Å². The summed E-state index contributed by atoms with van der Waals surface area (Å²) in [6.07, 6.45) is -1.89. The quantitative estimate of drug-likeness (QED) is 0.245. The minimum absolute atomic E-state index is 0.208. The maximum Gasteiger partial charge on any atom is 0.573 e. The molecule has 4 aromatic rings. The summed E-state index contributed by atoms with van der Waals surface area (Å²) >= 11 is 5.25. The number of halogens is 3. The monoisotopic (exact) mass is 554 g/mol. The van der Waals surface area contributed by atoms with E-state index in [9.17, 15) is 18.0 Å². The average Bonchev–Trinajstić information content (AvgIpc) is 3.39. The molecule has 0 aliphatic rings. The molecule has 0 radical (unpaired) electrons. The molecule has 202 valence electrons. The predicted octanol–water partition coefficient (Wildman–Crippen LogP) is 5.63. The molecule has 0 aliphatic carbocycles. The van der Waals surface area contributed by atoms with Crippen molar-refractivity contribution in [3.05, 3.63) is 90.3 Å². The second-order valence-corrected chi connectivity index (χ2v) is 8.76. The first-order chi connectivity index (χ1) is 18.7. The van der Waals surface area contributed by atoms with Gasteiger partial charge in [-0.05, 0) is 72.6 Å². The number of alkyl halides is 3. The zero-order chi connectivity index (χ0) is 27.8. The molecule has 3 aromatic carbocycles. The van der Waals surface area contributed by atoms with Gasteiger partial charge in [0, 0.05) is 17.8 Å². The Morgan fingerprint density at radius 1 is 1.05 bits per heavy atom. The topological polar surface area (TPSA) is 93.1 Å². The van der Waals surface area contributed by atoms with Gasteiger partial charge in [0.15, 0.2) is 10.9 Å². The first-order valence-corrected chi connectivity index (χ1v) is 12.4. The number of aryl methyl sites for hydroxylation is 1. The number of ether oxygens (including phenoxy) is 1. The highest BCUT2D eigenvalue weighted by Crippen LogP contribution is 2.24. The van der Waals surface area contributed by atoms with E-state index in [1.165, 1.54) is 35.3 Å². The second kappa shape index (κ2) is 12.4. The first kappa shape index (κ1) is 27.6. The van der Waals surface area contributed by atoms with Crippen LogP contribution in [0.2, 0.25) is 0 Å². The molecule has 0 atom stereocenters. The van der Waals surface area contributed by atoms with E-state index in [2.05, 4.69) is 30.8 Å². The van der Waals surface area contributed by atoms with Crippen LogP contribution in [0.4, 0.5) is 23.7 Å². The van der Waals surface area contributed by atoms with Crippen molar-refractivity contribution < 1.29 is 22.7 Å². The van der Waals surface area contributed by atoms with Crippen molar-refractivity contribution in [1.29, 1.82) is 0 Å². The number of aromatic nitrogens is 3. The van der Waals surface area contributed by atoms with E-state index >= 15 is 0 Å². The van der Waals surface area contributed by atoms with Gasteiger partial charge < -0.3 is 15.4 Å². The van der Waals surface area contributed by atoms with Crippen LogP contribution in [-0.4, -0.2) is 38.8 Å². The summed E-state index contributed by atoms with van der Waals surface area (Å²) in [5, 5.41) is 13.1. The molecule has 0 fully saturated rings. The number of nitrogens with one attached hydrogen (secondary N) is 3. The molecule has 0 bridgehead atoms. The van der Waals surface area contributed by atoms with Gasteiger partial charge in [-0.3, -0.25) is 5.32 Å². The summed E-state index contributed by atoms with van der Waals surface area (Å²) < 4.78 is 42.5. The number of anilines is 1. The van der Waals surface area contributed by atoms with Crippen molar-refractivity contribution in [1.82, 2.24) is 25.4 Å². The summed E-state index contributed by atoms with van der Waals surface area (Å²) in [6.45, 7) is 2.41. The maximum atomic E-state index is 12.4. The van der Waals surface area contributed by atoms with Crippen LogP contribution < -0.4 is 20.7 Å². The smallest absolute Gasteiger partial charge is 0.406 e.